The first-order chi connectivity index (χ1) is 11.9. The molecule has 1 amide bonds. The summed E-state index contributed by atoms with van der Waals surface area (Å²) < 4.78 is 4.75. The molecule has 0 saturated carbocycles. The van der Waals surface area contributed by atoms with Crippen LogP contribution in [-0.2, 0) is 16.0 Å². The summed E-state index contributed by atoms with van der Waals surface area (Å²) in [6.45, 7) is 1.93. The molecule has 0 heterocycles. The molecule has 0 aliphatic heterocycles. The van der Waals surface area contributed by atoms with E-state index in [-0.39, 0.29) is 17.7 Å². The van der Waals surface area contributed by atoms with E-state index in [1.807, 2.05) is 31.2 Å². The van der Waals surface area contributed by atoms with E-state index < -0.39 is 22.8 Å². The Bertz CT molecular complexity index is 804. The van der Waals surface area contributed by atoms with Gasteiger partial charge < -0.3 is 10.1 Å². The molecule has 0 radical (unpaired) electrons. The van der Waals surface area contributed by atoms with Crippen LogP contribution in [0.15, 0.2) is 48.5 Å². The minimum Gasteiger partial charge on any atom is -0.467 e. The van der Waals surface area contributed by atoms with Gasteiger partial charge in [0.2, 0.25) is 0 Å². The number of non-ortho nitro benzene ring substituents is 1. The Kier molecular flexibility index (Phi) is 5.84. The van der Waals surface area contributed by atoms with Gasteiger partial charge in [-0.05, 0) is 18.6 Å². The van der Waals surface area contributed by atoms with Gasteiger partial charge in [0, 0.05) is 24.1 Å². The standard InChI is InChI=1S/C18H18N2O5/c1-12-5-3-6-13(9-12)10-16(18(22)25-2)19-17(21)14-7-4-8-15(11-14)20(23)24/h3-9,11,16H,10H2,1-2H3,(H,19,21)/t16-/m0/s1. The first-order valence-electron chi connectivity index (χ1n) is 7.59. The highest BCUT2D eigenvalue weighted by Crippen LogP contribution is 2.14. The van der Waals surface area contributed by atoms with Crippen molar-refractivity contribution in [2.75, 3.05) is 7.11 Å². The Labute approximate surface area is 144 Å². The molecule has 0 unspecified atom stereocenters. The zero-order valence-corrected chi connectivity index (χ0v) is 13.9. The average molecular weight is 342 g/mol. The van der Waals surface area contributed by atoms with E-state index in [9.17, 15) is 19.7 Å². The van der Waals surface area contributed by atoms with Gasteiger partial charge in [-0.15, -0.1) is 0 Å². The quantitative estimate of drug-likeness (QED) is 0.494. The molecular formula is C18H18N2O5. The molecule has 0 saturated heterocycles. The molecule has 0 aliphatic rings. The lowest BCUT2D eigenvalue weighted by molar-refractivity contribution is -0.384. The van der Waals surface area contributed by atoms with Crippen molar-refractivity contribution >= 4 is 17.6 Å². The number of methoxy groups -OCH3 is 1. The van der Waals surface area contributed by atoms with Gasteiger partial charge >= 0.3 is 5.97 Å². The molecule has 2 rings (SSSR count). The maximum atomic E-state index is 12.4. The van der Waals surface area contributed by atoms with Crippen LogP contribution in [0, 0.1) is 17.0 Å². The molecular weight excluding hydrogens is 324 g/mol. The van der Waals surface area contributed by atoms with E-state index in [2.05, 4.69) is 5.32 Å². The number of benzene rings is 2. The lowest BCUT2D eigenvalue weighted by Gasteiger charge is -2.17. The number of amides is 1. The third kappa shape index (κ3) is 4.87. The Morgan fingerprint density at radius 2 is 1.92 bits per heavy atom. The van der Waals surface area contributed by atoms with Crippen LogP contribution in [0.3, 0.4) is 0 Å². The second-order valence-electron chi connectivity index (χ2n) is 5.55. The molecule has 0 aromatic heterocycles. The number of carbonyl (C=O) groups is 2. The monoisotopic (exact) mass is 342 g/mol. The number of hydrogen-bond donors (Lipinski definition) is 1. The predicted octanol–water partition coefficient (Wildman–Crippen LogP) is 2.42. The Balaban J connectivity index is 2.19. The van der Waals surface area contributed by atoms with Crippen LogP contribution in [0.1, 0.15) is 21.5 Å². The lowest BCUT2D eigenvalue weighted by atomic mass is 10.0. The fraction of sp³-hybridized carbons (Fsp3) is 0.222. The maximum Gasteiger partial charge on any atom is 0.328 e. The molecule has 7 nitrogen and oxygen atoms in total. The number of carbonyl (C=O) groups excluding carboxylic acids is 2. The smallest absolute Gasteiger partial charge is 0.328 e. The summed E-state index contributed by atoms with van der Waals surface area (Å²) in [5, 5.41) is 13.4. The molecule has 7 heteroatoms. The van der Waals surface area contributed by atoms with Crippen molar-refractivity contribution in [3.05, 3.63) is 75.3 Å². The average Bonchev–Trinajstić information content (AvgIpc) is 2.60. The van der Waals surface area contributed by atoms with Crippen LogP contribution in [0.4, 0.5) is 5.69 Å². The first-order valence-corrected chi connectivity index (χ1v) is 7.59. The third-order valence-electron chi connectivity index (χ3n) is 3.63. The number of hydrogen-bond acceptors (Lipinski definition) is 5. The van der Waals surface area contributed by atoms with Crippen LogP contribution in [0.5, 0.6) is 0 Å². The van der Waals surface area contributed by atoms with Crippen molar-refractivity contribution in [2.45, 2.75) is 19.4 Å². The molecule has 0 bridgehead atoms. The number of esters is 1. The van der Waals surface area contributed by atoms with Crippen molar-refractivity contribution in [3.63, 3.8) is 0 Å². The van der Waals surface area contributed by atoms with Gasteiger partial charge in [0.25, 0.3) is 11.6 Å². The van der Waals surface area contributed by atoms with Gasteiger partial charge in [-0.2, -0.15) is 0 Å². The first kappa shape index (κ1) is 18.1. The number of nitrogens with zero attached hydrogens (tertiary/aromatic N) is 1. The number of nitro benzene ring substituents is 1. The highest BCUT2D eigenvalue weighted by Gasteiger charge is 2.23. The summed E-state index contributed by atoms with van der Waals surface area (Å²) in [5.74, 6) is -1.16. The van der Waals surface area contributed by atoms with Crippen molar-refractivity contribution in [1.29, 1.82) is 0 Å². The number of ether oxygens (including phenoxy) is 1. The Morgan fingerprint density at radius 3 is 2.56 bits per heavy atom. The topological polar surface area (TPSA) is 98.5 Å². The lowest BCUT2D eigenvalue weighted by Crippen LogP contribution is -2.43. The molecule has 0 fully saturated rings. The van der Waals surface area contributed by atoms with E-state index in [0.717, 1.165) is 17.2 Å². The fourth-order valence-corrected chi connectivity index (χ4v) is 2.41. The zero-order valence-electron chi connectivity index (χ0n) is 13.9. The third-order valence-corrected chi connectivity index (χ3v) is 3.63. The molecule has 1 N–H and O–H groups in total. The second kappa shape index (κ2) is 8.05. The zero-order chi connectivity index (χ0) is 18.4. The summed E-state index contributed by atoms with van der Waals surface area (Å²) in [7, 11) is 1.24. The predicted molar refractivity (Wildman–Crippen MR) is 91.2 cm³/mol. The van der Waals surface area contributed by atoms with Crippen molar-refractivity contribution in [1.82, 2.24) is 5.32 Å². The van der Waals surface area contributed by atoms with Gasteiger partial charge in [-0.25, -0.2) is 4.79 Å². The minimum atomic E-state index is -0.890. The van der Waals surface area contributed by atoms with Crippen LogP contribution in [0.25, 0.3) is 0 Å². The van der Waals surface area contributed by atoms with E-state index in [1.165, 1.54) is 25.3 Å². The molecule has 0 spiro atoms. The molecule has 0 aliphatic carbocycles. The Hall–Kier alpha value is -3.22. The van der Waals surface area contributed by atoms with Gasteiger partial charge in [0.05, 0.1) is 12.0 Å². The van der Waals surface area contributed by atoms with Crippen molar-refractivity contribution < 1.29 is 19.2 Å². The normalized spacial score (nSPS) is 11.4. The van der Waals surface area contributed by atoms with Crippen LogP contribution < -0.4 is 5.32 Å². The van der Waals surface area contributed by atoms with E-state index in [1.54, 1.807) is 0 Å². The summed E-state index contributed by atoms with van der Waals surface area (Å²) in [4.78, 5) is 34.6. The largest absolute Gasteiger partial charge is 0.467 e. The van der Waals surface area contributed by atoms with Gasteiger partial charge in [-0.3, -0.25) is 14.9 Å². The number of rotatable bonds is 6. The summed E-state index contributed by atoms with van der Waals surface area (Å²) >= 11 is 0. The number of nitro groups is 1. The van der Waals surface area contributed by atoms with Crippen LogP contribution in [0.2, 0.25) is 0 Å². The van der Waals surface area contributed by atoms with Crippen molar-refractivity contribution in [3.8, 4) is 0 Å². The van der Waals surface area contributed by atoms with Crippen LogP contribution >= 0.6 is 0 Å². The van der Waals surface area contributed by atoms with E-state index in [4.69, 9.17) is 4.74 Å². The number of aryl methyl sites for hydroxylation is 1. The maximum absolute atomic E-state index is 12.4. The van der Waals surface area contributed by atoms with E-state index in [0.29, 0.717) is 0 Å². The molecule has 130 valence electrons. The molecule has 1 atom stereocenters. The van der Waals surface area contributed by atoms with Gasteiger partial charge in [-0.1, -0.05) is 35.9 Å². The summed E-state index contributed by atoms with van der Waals surface area (Å²) in [6.07, 6.45) is 0.259. The highest BCUT2D eigenvalue weighted by atomic mass is 16.6. The molecule has 2 aromatic rings. The minimum absolute atomic E-state index is 0.104. The SMILES string of the molecule is COC(=O)[C@H](Cc1cccc(C)c1)NC(=O)c1cccc([N+](=O)[O-])c1. The highest BCUT2D eigenvalue weighted by molar-refractivity contribution is 5.97. The molecule has 25 heavy (non-hydrogen) atoms. The fourth-order valence-electron chi connectivity index (χ4n) is 2.41. The van der Waals surface area contributed by atoms with Gasteiger partial charge in [0.1, 0.15) is 6.04 Å². The second-order valence-corrected chi connectivity index (χ2v) is 5.55. The Morgan fingerprint density at radius 1 is 1.20 bits per heavy atom. The molecule has 2 aromatic carbocycles. The van der Waals surface area contributed by atoms with E-state index >= 15 is 0 Å². The van der Waals surface area contributed by atoms with Crippen LogP contribution in [-0.4, -0.2) is 30.0 Å². The summed E-state index contributed by atoms with van der Waals surface area (Å²) in [6, 6.07) is 12.0. The number of nitrogens with one attached hydrogen (secondary N) is 1. The van der Waals surface area contributed by atoms with Crippen molar-refractivity contribution in [2.24, 2.45) is 0 Å². The van der Waals surface area contributed by atoms with Gasteiger partial charge in [0.15, 0.2) is 0 Å². The summed E-state index contributed by atoms with van der Waals surface area (Å²) in [5.41, 5.74) is 1.81.